The lowest BCUT2D eigenvalue weighted by Gasteiger charge is -2.27. The van der Waals surface area contributed by atoms with Gasteiger partial charge in [-0.05, 0) is 6.42 Å². The van der Waals surface area contributed by atoms with Gasteiger partial charge in [-0.2, -0.15) is 5.10 Å². The summed E-state index contributed by atoms with van der Waals surface area (Å²) in [4.78, 5) is 0. The predicted octanol–water partition coefficient (Wildman–Crippen LogP) is 1.22. The molecule has 2 unspecified atom stereocenters. The molecule has 3 rings (SSSR count). The van der Waals surface area contributed by atoms with Crippen LogP contribution in [0.4, 0.5) is 11.5 Å². The van der Waals surface area contributed by atoms with Crippen molar-refractivity contribution in [2.75, 3.05) is 30.4 Å². The van der Waals surface area contributed by atoms with Gasteiger partial charge in [-0.3, -0.25) is 4.68 Å². The van der Waals surface area contributed by atoms with Crippen LogP contribution in [0.1, 0.15) is 19.5 Å². The van der Waals surface area contributed by atoms with Crippen molar-refractivity contribution in [3.63, 3.8) is 0 Å². The molecule has 94 valence electrons. The lowest BCUT2D eigenvalue weighted by atomic mass is 9.85. The van der Waals surface area contributed by atoms with E-state index in [2.05, 4.69) is 29.6 Å². The third-order valence-electron chi connectivity index (χ3n) is 3.99. The second kappa shape index (κ2) is 3.63. The fraction of sp³-hybridized carbons (Fsp3) is 0.750. The van der Waals surface area contributed by atoms with Gasteiger partial charge in [0.2, 0.25) is 0 Å². The highest BCUT2D eigenvalue weighted by Gasteiger charge is 2.42. The molecule has 0 spiro atoms. The first kappa shape index (κ1) is 10.9. The Labute approximate surface area is 102 Å². The van der Waals surface area contributed by atoms with Crippen LogP contribution in [0.3, 0.4) is 0 Å². The van der Waals surface area contributed by atoms with Crippen LogP contribution < -0.4 is 10.6 Å². The van der Waals surface area contributed by atoms with Crippen molar-refractivity contribution < 1.29 is 4.74 Å². The van der Waals surface area contributed by atoms with Crippen LogP contribution in [-0.4, -0.2) is 35.6 Å². The number of anilines is 2. The van der Waals surface area contributed by atoms with Crippen LogP contribution in [0.15, 0.2) is 0 Å². The van der Waals surface area contributed by atoms with Gasteiger partial charge in [-0.1, -0.05) is 13.8 Å². The van der Waals surface area contributed by atoms with Crippen LogP contribution >= 0.6 is 0 Å². The highest BCUT2D eigenvalue weighted by molar-refractivity contribution is 5.70. The topological polar surface area (TPSA) is 51.1 Å². The molecule has 0 amide bonds. The second-order valence-electron chi connectivity index (χ2n) is 5.37. The normalized spacial score (nSPS) is 31.1. The number of nitrogens with one attached hydrogen (secondary N) is 2. The molecule has 2 N–H and O–H groups in total. The van der Waals surface area contributed by atoms with E-state index in [-0.39, 0.29) is 5.41 Å². The molecule has 1 aromatic rings. The summed E-state index contributed by atoms with van der Waals surface area (Å²) in [5.41, 5.74) is 2.48. The summed E-state index contributed by atoms with van der Waals surface area (Å²) in [6, 6.07) is 0.372. The number of aryl methyl sites for hydroxylation is 2. The standard InChI is InChI=1S/C12H20N4O/c1-4-8-10-11(16(3)15-8)14-9-5-17-7-12(9,2)6-13-10/h9,13-14H,4-7H2,1-3H3. The number of aromatic nitrogens is 2. The van der Waals surface area contributed by atoms with Crippen LogP contribution in [0.2, 0.25) is 0 Å². The van der Waals surface area contributed by atoms with E-state index < -0.39 is 0 Å². The summed E-state index contributed by atoms with van der Waals surface area (Å²) in [5, 5.41) is 11.7. The van der Waals surface area contributed by atoms with E-state index in [0.717, 1.165) is 37.7 Å². The smallest absolute Gasteiger partial charge is 0.148 e. The van der Waals surface area contributed by atoms with Gasteiger partial charge in [0, 0.05) is 19.0 Å². The first-order valence-corrected chi connectivity index (χ1v) is 6.28. The maximum Gasteiger partial charge on any atom is 0.148 e. The predicted molar refractivity (Wildman–Crippen MR) is 67.4 cm³/mol. The average molecular weight is 236 g/mol. The maximum absolute atomic E-state index is 5.61. The van der Waals surface area contributed by atoms with Gasteiger partial charge in [0.15, 0.2) is 0 Å². The Morgan fingerprint density at radius 2 is 2.41 bits per heavy atom. The van der Waals surface area contributed by atoms with E-state index in [0.29, 0.717) is 6.04 Å². The molecule has 1 fully saturated rings. The molecular formula is C12H20N4O. The zero-order valence-corrected chi connectivity index (χ0v) is 10.7. The molecular weight excluding hydrogens is 216 g/mol. The van der Waals surface area contributed by atoms with Crippen LogP contribution in [0.5, 0.6) is 0 Å². The number of ether oxygens (including phenoxy) is 1. The molecule has 17 heavy (non-hydrogen) atoms. The minimum Gasteiger partial charge on any atom is -0.380 e. The minimum atomic E-state index is 0.171. The van der Waals surface area contributed by atoms with E-state index >= 15 is 0 Å². The van der Waals surface area contributed by atoms with Crippen molar-refractivity contribution in [2.45, 2.75) is 26.3 Å². The van der Waals surface area contributed by atoms with Gasteiger partial charge in [-0.25, -0.2) is 0 Å². The lowest BCUT2D eigenvalue weighted by Crippen LogP contribution is -2.40. The van der Waals surface area contributed by atoms with Gasteiger partial charge >= 0.3 is 0 Å². The van der Waals surface area contributed by atoms with E-state index in [1.165, 1.54) is 5.69 Å². The molecule has 1 saturated heterocycles. The van der Waals surface area contributed by atoms with Crippen molar-refractivity contribution >= 4 is 11.5 Å². The first-order chi connectivity index (χ1) is 8.14. The Balaban J connectivity index is 2.00. The highest BCUT2D eigenvalue weighted by atomic mass is 16.5. The van der Waals surface area contributed by atoms with E-state index in [1.54, 1.807) is 0 Å². The summed E-state index contributed by atoms with van der Waals surface area (Å²) in [5.74, 6) is 1.10. The zero-order valence-electron chi connectivity index (χ0n) is 10.7. The van der Waals surface area contributed by atoms with E-state index in [4.69, 9.17) is 4.74 Å². The van der Waals surface area contributed by atoms with Crippen molar-refractivity contribution in [1.29, 1.82) is 0 Å². The first-order valence-electron chi connectivity index (χ1n) is 6.28. The van der Waals surface area contributed by atoms with E-state index in [9.17, 15) is 0 Å². The average Bonchev–Trinajstić information content (AvgIpc) is 2.77. The maximum atomic E-state index is 5.61. The number of rotatable bonds is 1. The third-order valence-corrected chi connectivity index (χ3v) is 3.99. The molecule has 0 bridgehead atoms. The molecule has 2 aliphatic heterocycles. The van der Waals surface area contributed by atoms with Crippen molar-refractivity contribution in [3.8, 4) is 0 Å². The number of nitrogens with zero attached hydrogens (tertiary/aromatic N) is 2. The number of hydrogen-bond acceptors (Lipinski definition) is 4. The van der Waals surface area contributed by atoms with Crippen molar-refractivity contribution in [2.24, 2.45) is 12.5 Å². The fourth-order valence-electron chi connectivity index (χ4n) is 2.74. The van der Waals surface area contributed by atoms with Gasteiger partial charge in [0.05, 0.1) is 24.9 Å². The summed E-state index contributed by atoms with van der Waals surface area (Å²) >= 11 is 0. The van der Waals surface area contributed by atoms with Crippen molar-refractivity contribution in [1.82, 2.24) is 9.78 Å². The number of hydrogen-bond donors (Lipinski definition) is 2. The molecule has 2 aliphatic rings. The minimum absolute atomic E-state index is 0.171. The molecule has 1 aromatic heterocycles. The fourth-order valence-corrected chi connectivity index (χ4v) is 2.74. The van der Waals surface area contributed by atoms with Gasteiger partial charge in [-0.15, -0.1) is 0 Å². The molecule has 5 heteroatoms. The Kier molecular flexibility index (Phi) is 2.33. The molecule has 0 aromatic carbocycles. The zero-order chi connectivity index (χ0) is 12.0. The summed E-state index contributed by atoms with van der Waals surface area (Å²) in [7, 11) is 1.99. The lowest BCUT2D eigenvalue weighted by molar-refractivity contribution is 0.164. The monoisotopic (exact) mass is 236 g/mol. The molecule has 0 aliphatic carbocycles. The quantitative estimate of drug-likeness (QED) is 0.770. The van der Waals surface area contributed by atoms with Crippen LogP contribution in [-0.2, 0) is 18.2 Å². The van der Waals surface area contributed by atoms with Crippen LogP contribution in [0.25, 0.3) is 0 Å². The molecule has 0 saturated carbocycles. The summed E-state index contributed by atoms with van der Waals surface area (Å²) < 4.78 is 7.54. The molecule has 2 atom stereocenters. The van der Waals surface area contributed by atoms with Crippen LogP contribution in [0, 0.1) is 5.41 Å². The second-order valence-corrected chi connectivity index (χ2v) is 5.37. The Hall–Kier alpha value is -1.23. The third kappa shape index (κ3) is 1.52. The summed E-state index contributed by atoms with van der Waals surface area (Å²) in [6.07, 6.45) is 0.954. The van der Waals surface area contributed by atoms with Crippen molar-refractivity contribution in [3.05, 3.63) is 5.69 Å². The van der Waals surface area contributed by atoms with Gasteiger partial charge in [0.1, 0.15) is 11.5 Å². The molecule has 5 nitrogen and oxygen atoms in total. The SMILES string of the molecule is CCc1nn(C)c2c1NCC1(C)COCC1N2. The summed E-state index contributed by atoms with van der Waals surface area (Å²) in [6.45, 7) is 6.96. The van der Waals surface area contributed by atoms with Gasteiger partial charge < -0.3 is 15.4 Å². The Morgan fingerprint density at radius 1 is 1.59 bits per heavy atom. The largest absolute Gasteiger partial charge is 0.380 e. The molecule has 3 heterocycles. The van der Waals surface area contributed by atoms with E-state index in [1.807, 2.05) is 11.7 Å². The Bertz CT molecular complexity index is 442. The molecule has 0 radical (unpaired) electrons. The van der Waals surface area contributed by atoms with Gasteiger partial charge in [0.25, 0.3) is 0 Å². The Morgan fingerprint density at radius 3 is 3.18 bits per heavy atom. The highest BCUT2D eigenvalue weighted by Crippen LogP contribution is 2.38. The number of fused-ring (bicyclic) bond motifs is 2.